The van der Waals surface area contributed by atoms with Gasteiger partial charge in [0.1, 0.15) is 0 Å². The molecule has 7 heteroatoms. The van der Waals surface area contributed by atoms with Crippen LogP contribution in [0.25, 0.3) is 0 Å². The number of nitrogens with zero attached hydrogens (tertiary/aromatic N) is 1. The zero-order chi connectivity index (χ0) is 16.0. The fourth-order valence-electron chi connectivity index (χ4n) is 3.13. The molecule has 1 saturated heterocycles. The van der Waals surface area contributed by atoms with Crippen LogP contribution in [0.1, 0.15) is 44.9 Å². The first-order valence-electron chi connectivity index (χ1n) is 8.12. The number of amides is 2. The summed E-state index contributed by atoms with van der Waals surface area (Å²) in [4.78, 5) is 13.9. The zero-order valence-electron chi connectivity index (χ0n) is 13.3. The third kappa shape index (κ3) is 5.96. The number of hydrogen-bond acceptors (Lipinski definition) is 3. The predicted molar refractivity (Wildman–Crippen MR) is 87.1 cm³/mol. The Kier molecular flexibility index (Phi) is 6.26. The number of hydrogen-bond donors (Lipinski definition) is 2. The minimum atomic E-state index is -3.22. The first kappa shape index (κ1) is 17.3. The Bertz CT molecular complexity index is 516. The highest BCUT2D eigenvalue weighted by Gasteiger charge is 2.25. The topological polar surface area (TPSA) is 78.5 Å². The lowest BCUT2D eigenvalue weighted by Gasteiger charge is -2.32. The largest absolute Gasteiger partial charge is 0.338 e. The normalized spacial score (nSPS) is 23.0. The van der Waals surface area contributed by atoms with Crippen LogP contribution in [-0.4, -0.2) is 51.3 Å². The molecule has 1 aliphatic heterocycles. The molecule has 1 aliphatic carbocycles. The summed E-state index contributed by atoms with van der Waals surface area (Å²) in [5.41, 5.74) is 1.45. The van der Waals surface area contributed by atoms with E-state index in [0.717, 1.165) is 38.4 Å². The van der Waals surface area contributed by atoms with E-state index in [9.17, 15) is 13.2 Å². The van der Waals surface area contributed by atoms with Gasteiger partial charge in [-0.05, 0) is 44.9 Å². The maximum absolute atomic E-state index is 12.2. The van der Waals surface area contributed by atoms with Gasteiger partial charge in [0.25, 0.3) is 0 Å². The van der Waals surface area contributed by atoms with Gasteiger partial charge in [-0.3, -0.25) is 0 Å². The summed E-state index contributed by atoms with van der Waals surface area (Å²) < 4.78 is 25.2. The van der Waals surface area contributed by atoms with Gasteiger partial charge in [-0.2, -0.15) is 0 Å². The molecule has 2 aliphatic rings. The van der Waals surface area contributed by atoms with E-state index in [1.54, 1.807) is 4.90 Å². The quantitative estimate of drug-likeness (QED) is 0.752. The van der Waals surface area contributed by atoms with Crippen LogP contribution in [-0.2, 0) is 10.0 Å². The lowest BCUT2D eigenvalue weighted by molar-refractivity contribution is 0.177. The molecule has 0 bridgehead atoms. The van der Waals surface area contributed by atoms with Gasteiger partial charge in [0, 0.05) is 25.7 Å². The van der Waals surface area contributed by atoms with Crippen LogP contribution in [0.15, 0.2) is 11.6 Å². The summed E-state index contributed by atoms with van der Waals surface area (Å²) in [6.45, 7) is 1.80. The molecule has 0 saturated carbocycles. The van der Waals surface area contributed by atoms with Gasteiger partial charge in [0.2, 0.25) is 10.0 Å². The molecule has 1 fully saturated rings. The second-order valence-electron chi connectivity index (χ2n) is 6.27. The summed E-state index contributed by atoms with van der Waals surface area (Å²) in [6, 6.07) is -0.257. The lowest BCUT2D eigenvalue weighted by Crippen LogP contribution is -2.52. The molecule has 2 amide bonds. The molecule has 126 valence electrons. The molecular formula is C15H27N3O3S. The standard InChI is InChI=1S/C15H27N3O3S/c1-22(20,21)17-14-8-5-11-18(12-14)15(19)16-10-9-13-6-3-2-4-7-13/h6,14,17H,2-5,7-12H2,1H3,(H,16,19). The average Bonchev–Trinajstić information content (AvgIpc) is 2.47. The maximum atomic E-state index is 12.2. The van der Waals surface area contributed by atoms with Crippen molar-refractivity contribution in [1.82, 2.24) is 14.9 Å². The maximum Gasteiger partial charge on any atom is 0.317 e. The van der Waals surface area contributed by atoms with E-state index < -0.39 is 10.0 Å². The lowest BCUT2D eigenvalue weighted by atomic mass is 9.97. The molecule has 0 aromatic rings. The summed E-state index contributed by atoms with van der Waals surface area (Å²) in [6.07, 6.45) is 10.8. The Morgan fingerprint density at radius 1 is 1.36 bits per heavy atom. The predicted octanol–water partition coefficient (Wildman–Crippen LogP) is 1.60. The van der Waals surface area contributed by atoms with Crippen LogP contribution in [0.4, 0.5) is 4.79 Å². The highest BCUT2D eigenvalue weighted by atomic mass is 32.2. The molecule has 2 rings (SSSR count). The second-order valence-corrected chi connectivity index (χ2v) is 8.05. The monoisotopic (exact) mass is 329 g/mol. The average molecular weight is 329 g/mol. The van der Waals surface area contributed by atoms with Gasteiger partial charge >= 0.3 is 6.03 Å². The molecule has 6 nitrogen and oxygen atoms in total. The van der Waals surface area contributed by atoms with Crippen LogP contribution >= 0.6 is 0 Å². The fraction of sp³-hybridized carbons (Fsp3) is 0.800. The van der Waals surface area contributed by atoms with Gasteiger partial charge in [0.15, 0.2) is 0 Å². The van der Waals surface area contributed by atoms with Crippen molar-refractivity contribution in [2.45, 2.75) is 51.0 Å². The summed E-state index contributed by atoms with van der Waals surface area (Å²) in [7, 11) is -3.22. The summed E-state index contributed by atoms with van der Waals surface area (Å²) in [5, 5.41) is 2.95. The van der Waals surface area contributed by atoms with Gasteiger partial charge in [0.05, 0.1) is 6.26 Å². The molecule has 22 heavy (non-hydrogen) atoms. The number of likely N-dealkylation sites (tertiary alicyclic amines) is 1. The number of carbonyl (C=O) groups is 1. The van der Waals surface area contributed by atoms with Gasteiger partial charge in [-0.15, -0.1) is 0 Å². The van der Waals surface area contributed by atoms with Crippen molar-refractivity contribution in [2.24, 2.45) is 0 Å². The number of carbonyl (C=O) groups excluding carboxylic acids is 1. The number of allylic oxidation sites excluding steroid dienone is 1. The minimum Gasteiger partial charge on any atom is -0.338 e. The van der Waals surface area contributed by atoms with E-state index in [-0.39, 0.29) is 12.1 Å². The van der Waals surface area contributed by atoms with Gasteiger partial charge in [-0.1, -0.05) is 11.6 Å². The molecule has 0 radical (unpaired) electrons. The Morgan fingerprint density at radius 3 is 2.86 bits per heavy atom. The second kappa shape index (κ2) is 7.97. The van der Waals surface area contributed by atoms with E-state index in [1.807, 2.05) is 0 Å². The summed E-state index contributed by atoms with van der Waals surface area (Å²) in [5.74, 6) is 0. The van der Waals surface area contributed by atoms with Gasteiger partial charge in [-0.25, -0.2) is 17.9 Å². The highest BCUT2D eigenvalue weighted by Crippen LogP contribution is 2.19. The number of sulfonamides is 1. The zero-order valence-corrected chi connectivity index (χ0v) is 14.1. The van der Waals surface area contributed by atoms with E-state index >= 15 is 0 Å². The Hall–Kier alpha value is -1.08. The van der Waals surface area contributed by atoms with Crippen molar-refractivity contribution in [3.63, 3.8) is 0 Å². The van der Waals surface area contributed by atoms with Crippen molar-refractivity contribution in [2.75, 3.05) is 25.9 Å². The van der Waals surface area contributed by atoms with Crippen molar-refractivity contribution in [1.29, 1.82) is 0 Å². The SMILES string of the molecule is CS(=O)(=O)NC1CCCN(C(=O)NCCC2=CCCCC2)C1. The smallest absolute Gasteiger partial charge is 0.317 e. The first-order chi connectivity index (χ1) is 10.4. The number of piperidine rings is 1. The van der Waals surface area contributed by atoms with Crippen molar-refractivity contribution < 1.29 is 13.2 Å². The van der Waals surface area contributed by atoms with Crippen molar-refractivity contribution in [3.05, 3.63) is 11.6 Å². The van der Waals surface area contributed by atoms with E-state index in [0.29, 0.717) is 19.6 Å². The van der Waals surface area contributed by atoms with Crippen LogP contribution in [0.2, 0.25) is 0 Å². The molecule has 1 heterocycles. The van der Waals surface area contributed by atoms with Crippen LogP contribution in [0, 0.1) is 0 Å². The van der Waals surface area contributed by atoms with E-state index in [1.165, 1.54) is 18.4 Å². The number of rotatable bonds is 5. The number of nitrogens with one attached hydrogen (secondary N) is 2. The Labute approximate surface area is 133 Å². The molecule has 2 N–H and O–H groups in total. The number of urea groups is 1. The van der Waals surface area contributed by atoms with Crippen LogP contribution < -0.4 is 10.0 Å². The van der Waals surface area contributed by atoms with Crippen molar-refractivity contribution in [3.8, 4) is 0 Å². The summed E-state index contributed by atoms with van der Waals surface area (Å²) >= 11 is 0. The van der Waals surface area contributed by atoms with E-state index in [4.69, 9.17) is 0 Å². The molecule has 1 unspecified atom stereocenters. The van der Waals surface area contributed by atoms with Crippen molar-refractivity contribution >= 4 is 16.1 Å². The minimum absolute atomic E-state index is 0.0867. The third-order valence-electron chi connectivity index (χ3n) is 4.20. The molecular weight excluding hydrogens is 302 g/mol. The van der Waals surface area contributed by atoms with Crippen LogP contribution in [0.3, 0.4) is 0 Å². The first-order valence-corrected chi connectivity index (χ1v) is 10.0. The fourth-order valence-corrected chi connectivity index (χ4v) is 3.93. The Balaban J connectivity index is 1.73. The van der Waals surface area contributed by atoms with Crippen LogP contribution in [0.5, 0.6) is 0 Å². The van der Waals surface area contributed by atoms with Gasteiger partial charge < -0.3 is 10.2 Å². The Morgan fingerprint density at radius 2 is 2.18 bits per heavy atom. The van der Waals surface area contributed by atoms with E-state index in [2.05, 4.69) is 16.1 Å². The molecule has 0 aromatic carbocycles. The molecule has 0 spiro atoms. The molecule has 1 atom stereocenters. The molecule has 0 aromatic heterocycles. The third-order valence-corrected chi connectivity index (χ3v) is 4.96. The highest BCUT2D eigenvalue weighted by molar-refractivity contribution is 7.88.